The summed E-state index contributed by atoms with van der Waals surface area (Å²) >= 11 is 0. The van der Waals surface area contributed by atoms with E-state index in [0.29, 0.717) is 19.3 Å². The zero-order chi connectivity index (χ0) is 19.5. The van der Waals surface area contributed by atoms with Gasteiger partial charge in [0.1, 0.15) is 11.9 Å². The van der Waals surface area contributed by atoms with Crippen LogP contribution in [-0.2, 0) is 33.4 Å². The van der Waals surface area contributed by atoms with E-state index in [0.717, 1.165) is 25.7 Å². The molecule has 1 rings (SSSR count). The van der Waals surface area contributed by atoms with Gasteiger partial charge in [-0.2, -0.15) is 0 Å². The van der Waals surface area contributed by atoms with Crippen molar-refractivity contribution in [2.75, 3.05) is 14.2 Å². The number of carbonyl (C=O) groups excluding carboxylic acids is 4. The standard InChI is InChI=1S/C19H30O7/c1-13(20)26-17-12-16(21)14(15(17)10-11-19(23)25-3)8-6-4-5-7-9-18(22)24-2/h14-15,17H,4-12H2,1-3H3/t14-,15+,17-/m1/s1. The van der Waals surface area contributed by atoms with Crippen molar-refractivity contribution in [3.63, 3.8) is 0 Å². The lowest BCUT2D eigenvalue weighted by Gasteiger charge is -2.23. The van der Waals surface area contributed by atoms with Crippen LogP contribution in [0.2, 0.25) is 0 Å². The monoisotopic (exact) mass is 370 g/mol. The molecule has 7 heteroatoms. The van der Waals surface area contributed by atoms with E-state index >= 15 is 0 Å². The molecule has 0 amide bonds. The number of esters is 3. The van der Waals surface area contributed by atoms with Crippen LogP contribution >= 0.6 is 0 Å². The largest absolute Gasteiger partial charge is 0.469 e. The quantitative estimate of drug-likeness (QED) is 0.313. The van der Waals surface area contributed by atoms with Crippen LogP contribution in [0.5, 0.6) is 0 Å². The number of hydrogen-bond acceptors (Lipinski definition) is 7. The Labute approximate surface area is 154 Å². The Morgan fingerprint density at radius 1 is 0.923 bits per heavy atom. The van der Waals surface area contributed by atoms with Crippen LogP contribution in [0.4, 0.5) is 0 Å². The highest BCUT2D eigenvalue weighted by molar-refractivity contribution is 5.85. The van der Waals surface area contributed by atoms with Crippen molar-refractivity contribution < 1.29 is 33.4 Å². The third-order valence-electron chi connectivity index (χ3n) is 4.91. The summed E-state index contributed by atoms with van der Waals surface area (Å²) in [5, 5.41) is 0. The Kier molecular flexibility index (Phi) is 9.91. The Balaban J connectivity index is 2.50. The number of ketones is 1. The molecule has 1 aliphatic rings. The number of methoxy groups -OCH3 is 2. The lowest BCUT2D eigenvalue weighted by molar-refractivity contribution is -0.149. The minimum absolute atomic E-state index is 0.0978. The average molecular weight is 370 g/mol. The summed E-state index contributed by atoms with van der Waals surface area (Å²) < 4.78 is 14.6. The molecule has 0 aliphatic heterocycles. The maximum absolute atomic E-state index is 12.4. The molecule has 0 spiro atoms. The Morgan fingerprint density at radius 2 is 1.54 bits per heavy atom. The molecule has 0 saturated heterocycles. The van der Waals surface area contributed by atoms with E-state index in [4.69, 9.17) is 4.74 Å². The van der Waals surface area contributed by atoms with Gasteiger partial charge in [0.15, 0.2) is 0 Å². The fraction of sp³-hybridized carbons (Fsp3) is 0.789. The predicted octanol–water partition coefficient (Wildman–Crippen LogP) is 2.59. The van der Waals surface area contributed by atoms with E-state index in [1.165, 1.54) is 21.1 Å². The minimum Gasteiger partial charge on any atom is -0.469 e. The average Bonchev–Trinajstić information content (AvgIpc) is 2.89. The Morgan fingerprint density at radius 3 is 2.15 bits per heavy atom. The Bertz CT molecular complexity index is 500. The molecule has 0 unspecified atom stereocenters. The Hall–Kier alpha value is -1.92. The third-order valence-corrected chi connectivity index (χ3v) is 4.91. The summed E-state index contributed by atoms with van der Waals surface area (Å²) in [5.74, 6) is -1.17. The van der Waals surface area contributed by atoms with E-state index < -0.39 is 12.1 Å². The summed E-state index contributed by atoms with van der Waals surface area (Å²) in [5.41, 5.74) is 0. The molecule has 0 aromatic carbocycles. The first kappa shape index (κ1) is 22.1. The van der Waals surface area contributed by atoms with Crippen molar-refractivity contribution in [1.82, 2.24) is 0 Å². The maximum Gasteiger partial charge on any atom is 0.305 e. The molecule has 0 aromatic heterocycles. The normalized spacial score (nSPS) is 22.1. The van der Waals surface area contributed by atoms with Crippen LogP contribution in [0.3, 0.4) is 0 Å². The van der Waals surface area contributed by atoms with Crippen molar-refractivity contribution in [1.29, 1.82) is 0 Å². The molecule has 3 atom stereocenters. The second kappa shape index (κ2) is 11.6. The van der Waals surface area contributed by atoms with Crippen LogP contribution in [0.15, 0.2) is 0 Å². The number of carbonyl (C=O) groups is 4. The summed E-state index contributed by atoms with van der Waals surface area (Å²) in [6.07, 6.45) is 5.03. The van der Waals surface area contributed by atoms with Crippen molar-refractivity contribution in [3.8, 4) is 0 Å². The van der Waals surface area contributed by atoms with Gasteiger partial charge in [0.25, 0.3) is 0 Å². The SMILES string of the molecule is COC(=O)CCCCCC[C@H]1C(=O)C[C@@H](OC(C)=O)[C@H]1CCC(=O)OC. The van der Waals surface area contributed by atoms with Gasteiger partial charge >= 0.3 is 17.9 Å². The summed E-state index contributed by atoms with van der Waals surface area (Å²) in [6.45, 7) is 1.33. The van der Waals surface area contributed by atoms with Gasteiger partial charge in [0.2, 0.25) is 0 Å². The predicted molar refractivity (Wildman–Crippen MR) is 93.1 cm³/mol. The highest BCUT2D eigenvalue weighted by Gasteiger charge is 2.43. The molecule has 26 heavy (non-hydrogen) atoms. The lowest BCUT2D eigenvalue weighted by atomic mass is 9.86. The molecule has 1 saturated carbocycles. The number of rotatable bonds is 11. The minimum atomic E-state index is -0.450. The number of Topliss-reactive ketones (excluding diaryl/α,β-unsaturated/α-hetero) is 1. The first-order valence-corrected chi connectivity index (χ1v) is 9.22. The summed E-state index contributed by atoms with van der Waals surface area (Å²) in [4.78, 5) is 46.2. The molecule has 0 heterocycles. The molecule has 0 aromatic rings. The summed E-state index contributed by atoms with van der Waals surface area (Å²) in [6, 6.07) is 0. The van der Waals surface area contributed by atoms with Crippen molar-refractivity contribution in [2.24, 2.45) is 11.8 Å². The molecular formula is C19H30O7. The smallest absolute Gasteiger partial charge is 0.305 e. The van der Waals surface area contributed by atoms with Gasteiger partial charge in [0, 0.05) is 38.0 Å². The topological polar surface area (TPSA) is 96.0 Å². The van der Waals surface area contributed by atoms with Crippen molar-refractivity contribution >= 4 is 23.7 Å². The van der Waals surface area contributed by atoms with E-state index in [2.05, 4.69) is 9.47 Å². The van der Waals surface area contributed by atoms with Gasteiger partial charge in [0.05, 0.1) is 14.2 Å². The molecule has 0 bridgehead atoms. The second-order valence-corrected chi connectivity index (χ2v) is 6.73. The first-order chi connectivity index (χ1) is 12.4. The molecule has 0 N–H and O–H groups in total. The maximum atomic E-state index is 12.4. The lowest BCUT2D eigenvalue weighted by Crippen LogP contribution is -2.25. The van der Waals surface area contributed by atoms with E-state index in [9.17, 15) is 19.2 Å². The van der Waals surface area contributed by atoms with E-state index in [-0.39, 0.29) is 42.4 Å². The summed E-state index contributed by atoms with van der Waals surface area (Å²) in [7, 11) is 2.71. The van der Waals surface area contributed by atoms with Gasteiger partial charge in [-0.25, -0.2) is 0 Å². The van der Waals surface area contributed by atoms with Crippen LogP contribution in [0.1, 0.15) is 64.7 Å². The van der Waals surface area contributed by atoms with Gasteiger partial charge in [-0.15, -0.1) is 0 Å². The van der Waals surface area contributed by atoms with Crippen molar-refractivity contribution in [3.05, 3.63) is 0 Å². The van der Waals surface area contributed by atoms with Gasteiger partial charge in [-0.1, -0.05) is 19.3 Å². The number of ether oxygens (including phenoxy) is 3. The van der Waals surface area contributed by atoms with Crippen LogP contribution in [0, 0.1) is 11.8 Å². The van der Waals surface area contributed by atoms with Crippen LogP contribution < -0.4 is 0 Å². The third kappa shape index (κ3) is 7.54. The van der Waals surface area contributed by atoms with Crippen LogP contribution in [-0.4, -0.2) is 44.0 Å². The number of hydrogen-bond donors (Lipinski definition) is 0. The molecule has 0 radical (unpaired) electrons. The first-order valence-electron chi connectivity index (χ1n) is 9.22. The number of unbranched alkanes of at least 4 members (excludes halogenated alkanes) is 3. The zero-order valence-corrected chi connectivity index (χ0v) is 16.0. The van der Waals surface area contributed by atoms with Crippen LogP contribution in [0.25, 0.3) is 0 Å². The van der Waals surface area contributed by atoms with Crippen molar-refractivity contribution in [2.45, 2.75) is 70.8 Å². The molecule has 1 aliphatic carbocycles. The molecular weight excluding hydrogens is 340 g/mol. The van der Waals surface area contributed by atoms with E-state index in [1.54, 1.807) is 0 Å². The molecule has 1 fully saturated rings. The van der Waals surface area contributed by atoms with E-state index in [1.807, 2.05) is 0 Å². The van der Waals surface area contributed by atoms with Gasteiger partial charge < -0.3 is 14.2 Å². The molecule has 7 nitrogen and oxygen atoms in total. The fourth-order valence-corrected chi connectivity index (χ4v) is 3.58. The fourth-order valence-electron chi connectivity index (χ4n) is 3.58. The van der Waals surface area contributed by atoms with Gasteiger partial charge in [-0.3, -0.25) is 19.2 Å². The highest BCUT2D eigenvalue weighted by atomic mass is 16.5. The highest BCUT2D eigenvalue weighted by Crippen LogP contribution is 2.38. The van der Waals surface area contributed by atoms with Gasteiger partial charge in [-0.05, 0) is 19.3 Å². The molecule has 148 valence electrons. The zero-order valence-electron chi connectivity index (χ0n) is 16.0. The second-order valence-electron chi connectivity index (χ2n) is 6.73.